The maximum atomic E-state index is 11.8. The molecule has 0 unspecified atom stereocenters. The van der Waals surface area contributed by atoms with Crippen molar-refractivity contribution in [3.05, 3.63) is 129 Å². The summed E-state index contributed by atoms with van der Waals surface area (Å²) in [5.74, 6) is 1.23. The summed E-state index contributed by atoms with van der Waals surface area (Å²) in [6.07, 6.45) is 2.08. The minimum Gasteiger partial charge on any atom is -0.652 e. The summed E-state index contributed by atoms with van der Waals surface area (Å²) < 4.78 is 23.2. The van der Waals surface area contributed by atoms with E-state index in [2.05, 4.69) is 22.1 Å². The van der Waals surface area contributed by atoms with E-state index >= 15 is 0 Å². The van der Waals surface area contributed by atoms with Crippen molar-refractivity contribution in [3.63, 3.8) is 0 Å². The molecule has 0 atom stereocenters. The quantitative estimate of drug-likeness (QED) is 0.135. The van der Waals surface area contributed by atoms with Crippen LogP contribution in [0.4, 0.5) is 4.79 Å². The van der Waals surface area contributed by atoms with Gasteiger partial charge in [0.1, 0.15) is 37.4 Å². The minimum absolute atomic E-state index is 0. The van der Waals surface area contributed by atoms with Gasteiger partial charge in [-0.3, -0.25) is 14.6 Å². The Morgan fingerprint density at radius 3 is 1.96 bits per heavy atom. The number of ether oxygens (including phenoxy) is 4. The number of benzene rings is 3. The number of pyridine rings is 2. The molecule has 0 N–H and O–H groups in total. The van der Waals surface area contributed by atoms with Crippen LogP contribution >= 0.6 is 11.6 Å². The second-order valence-corrected chi connectivity index (χ2v) is 11.2. The number of aldehydes is 2. The zero-order valence-electron chi connectivity index (χ0n) is 29.7. The van der Waals surface area contributed by atoms with Gasteiger partial charge in [-0.05, 0) is 71.6 Å². The van der Waals surface area contributed by atoms with Crippen LogP contribution in [-0.4, -0.2) is 35.8 Å². The molecule has 0 aliphatic carbocycles. The van der Waals surface area contributed by atoms with E-state index in [1.807, 2.05) is 44.2 Å². The maximum Gasteiger partial charge on any atom is 1.00 e. The normalized spacial score (nSPS) is 9.79. The third kappa shape index (κ3) is 13.4. The summed E-state index contributed by atoms with van der Waals surface area (Å²) in [5, 5.41) is 26.1. The molecule has 2 heterocycles. The van der Waals surface area contributed by atoms with Gasteiger partial charge in [-0.2, -0.15) is 10.2 Å². The van der Waals surface area contributed by atoms with Crippen LogP contribution in [0.1, 0.15) is 54.1 Å². The molecule has 0 fully saturated rings. The summed E-state index contributed by atoms with van der Waals surface area (Å²) in [6.45, 7) is 4.68. The van der Waals surface area contributed by atoms with Crippen LogP contribution in [0, 0.1) is 25.2 Å². The van der Waals surface area contributed by atoms with Crippen molar-refractivity contribution >= 4 is 30.3 Å². The third-order valence-corrected chi connectivity index (χ3v) is 7.93. The topological polar surface area (TPSA) is 184 Å². The van der Waals surface area contributed by atoms with Crippen LogP contribution in [0.15, 0.2) is 79.1 Å². The Hall–Kier alpha value is -2.35. The van der Waals surface area contributed by atoms with Crippen LogP contribution in [0.25, 0.3) is 11.1 Å². The summed E-state index contributed by atoms with van der Waals surface area (Å²) in [6, 6.07) is 22.1. The largest absolute Gasteiger partial charge is 1.00 e. The summed E-state index contributed by atoms with van der Waals surface area (Å²) in [5.41, 5.74) is 7.83. The Labute approximate surface area is 429 Å². The van der Waals surface area contributed by atoms with Gasteiger partial charge in [-0.15, -0.1) is 0 Å². The Morgan fingerprint density at radius 1 is 0.811 bits per heavy atom. The fourth-order valence-corrected chi connectivity index (χ4v) is 5.23. The standard InChI is InChI=1S/C37H30ClN3O6.CH2O3.2Cs/c1-23-28(21-46-35-14-34(30(19-43)13-33(35)38)45-20-26-12-25(15-39)16-40-17-26)6-4-8-31(23)32-9-5-7-29(24(32)2)22-47-36-11-10-27(18-42)37(41-36)44-3;2-1(3)4;;/h4-14,16-19H,20-22H2,1-3H3;(H2,2,3,4);;/q;;2*+1/p-2. The van der Waals surface area contributed by atoms with Gasteiger partial charge in [0.15, 0.2) is 12.6 Å². The molecule has 0 saturated carbocycles. The average Bonchev–Trinajstić information content (AvgIpc) is 3.13. The maximum absolute atomic E-state index is 11.8. The molecule has 0 saturated heterocycles. The molecular weight excluding hydrogens is 944 g/mol. The number of rotatable bonds is 13. The van der Waals surface area contributed by atoms with Gasteiger partial charge < -0.3 is 34.0 Å². The average molecular weight is 974 g/mol. The molecule has 0 spiro atoms. The smallest absolute Gasteiger partial charge is 0.652 e. The number of nitrogens with zero attached hydrogens (tertiary/aromatic N) is 3. The van der Waals surface area contributed by atoms with E-state index in [9.17, 15) is 9.59 Å². The molecule has 0 radical (unpaired) electrons. The van der Waals surface area contributed by atoms with Gasteiger partial charge in [0, 0.05) is 30.1 Å². The van der Waals surface area contributed by atoms with E-state index in [-0.39, 0.29) is 174 Å². The Morgan fingerprint density at radius 2 is 1.40 bits per heavy atom. The van der Waals surface area contributed by atoms with Gasteiger partial charge >= 0.3 is 138 Å². The molecule has 0 aliphatic rings. The van der Waals surface area contributed by atoms with Gasteiger partial charge in [0.25, 0.3) is 0 Å². The number of halogens is 1. The zero-order valence-corrected chi connectivity index (χ0v) is 43.0. The fraction of sp³-hybridized carbons (Fsp3) is 0.158. The first kappa shape index (κ1) is 46.8. The van der Waals surface area contributed by atoms with Gasteiger partial charge in [-0.25, -0.2) is 0 Å². The van der Waals surface area contributed by atoms with Gasteiger partial charge in [-0.1, -0.05) is 48.0 Å². The van der Waals surface area contributed by atoms with Crippen molar-refractivity contribution in [1.29, 1.82) is 5.26 Å². The Kier molecular flexibility index (Phi) is 20.8. The number of carboxylic acid groups (broad SMARTS) is 2. The van der Waals surface area contributed by atoms with Crippen LogP contribution in [-0.2, 0) is 19.8 Å². The SMILES string of the molecule is COc1nc(OCc2cccc(-c3cccc(COc4cc(OCc5cncc(C#N)c5)c(C=O)cc4Cl)c3C)c2C)ccc1C=O.O=C([O-])[O-].[Cs+].[Cs+]. The predicted molar refractivity (Wildman–Crippen MR) is 182 cm³/mol. The zero-order chi connectivity index (χ0) is 36.9. The number of carbonyl (C=O) groups excluding carboxylic acids is 3. The number of methoxy groups -OCH3 is 1. The van der Waals surface area contributed by atoms with E-state index < -0.39 is 6.16 Å². The van der Waals surface area contributed by atoms with Crippen molar-refractivity contribution in [3.8, 4) is 40.5 Å². The molecule has 0 amide bonds. The van der Waals surface area contributed by atoms with Crippen molar-refractivity contribution < 1.29 is 181 Å². The minimum atomic E-state index is -2.33. The van der Waals surface area contributed by atoms with E-state index in [1.54, 1.807) is 30.5 Å². The van der Waals surface area contributed by atoms with E-state index in [0.717, 1.165) is 33.4 Å². The van der Waals surface area contributed by atoms with Crippen molar-refractivity contribution in [2.45, 2.75) is 33.7 Å². The van der Waals surface area contributed by atoms with Crippen LogP contribution < -0.4 is 167 Å². The van der Waals surface area contributed by atoms with Crippen molar-refractivity contribution in [1.82, 2.24) is 9.97 Å². The van der Waals surface area contributed by atoms with Crippen molar-refractivity contribution in [2.75, 3.05) is 7.11 Å². The molecule has 0 bridgehead atoms. The molecule has 12 nitrogen and oxygen atoms in total. The van der Waals surface area contributed by atoms with E-state index in [1.165, 1.54) is 19.4 Å². The number of hydrogen-bond donors (Lipinski definition) is 0. The molecule has 0 aliphatic heterocycles. The number of carbonyl (C=O) groups is 3. The first-order valence-corrected chi connectivity index (χ1v) is 15.5. The molecule has 260 valence electrons. The van der Waals surface area contributed by atoms with Crippen molar-refractivity contribution in [2.24, 2.45) is 0 Å². The molecule has 5 aromatic rings. The number of nitriles is 1. The second kappa shape index (κ2) is 23.5. The molecule has 2 aromatic heterocycles. The van der Waals surface area contributed by atoms with Crippen LogP contribution in [0.5, 0.6) is 23.3 Å². The molecule has 15 heteroatoms. The predicted octanol–water partition coefficient (Wildman–Crippen LogP) is -0.783. The monoisotopic (exact) mass is 973 g/mol. The fourth-order valence-electron chi connectivity index (χ4n) is 5.00. The summed E-state index contributed by atoms with van der Waals surface area (Å²) in [7, 11) is 1.45. The number of aromatic nitrogens is 2. The van der Waals surface area contributed by atoms with Gasteiger partial charge in [0.05, 0.1) is 28.8 Å². The number of hydrogen-bond acceptors (Lipinski definition) is 12. The molecule has 53 heavy (non-hydrogen) atoms. The molecule has 3 aromatic carbocycles. The van der Waals surface area contributed by atoms with Crippen LogP contribution in [0.2, 0.25) is 5.02 Å². The first-order valence-electron chi connectivity index (χ1n) is 15.1. The van der Waals surface area contributed by atoms with E-state index in [4.69, 9.17) is 50.8 Å². The second-order valence-electron chi connectivity index (χ2n) is 10.8. The Bertz CT molecular complexity index is 2100. The summed E-state index contributed by atoms with van der Waals surface area (Å²) in [4.78, 5) is 39.6. The third-order valence-electron chi connectivity index (χ3n) is 7.63. The molecular formula is C38H30ClCs2N3O9. The van der Waals surface area contributed by atoms with E-state index in [0.29, 0.717) is 46.6 Å². The molecule has 5 rings (SSSR count). The van der Waals surface area contributed by atoms with Crippen LogP contribution in [0.3, 0.4) is 0 Å². The first-order chi connectivity index (χ1) is 24.6. The van der Waals surface area contributed by atoms with Gasteiger partial charge in [0.2, 0.25) is 11.8 Å². The Balaban J connectivity index is 0.00000154. The summed E-state index contributed by atoms with van der Waals surface area (Å²) >= 11 is 6.49.